The number of ether oxygens (including phenoxy) is 1. The highest BCUT2D eigenvalue weighted by Gasteiger charge is 2.37. The van der Waals surface area contributed by atoms with Gasteiger partial charge in [0, 0.05) is 6.04 Å². The fourth-order valence-electron chi connectivity index (χ4n) is 2.18. The molecule has 2 atom stereocenters. The molecule has 4 heteroatoms. The van der Waals surface area contributed by atoms with E-state index < -0.39 is 5.97 Å². The molecule has 1 heterocycles. The van der Waals surface area contributed by atoms with Crippen LogP contribution in [0.5, 0.6) is 0 Å². The molecule has 0 aromatic heterocycles. The molecule has 0 bridgehead atoms. The predicted molar refractivity (Wildman–Crippen MR) is 67.1 cm³/mol. The van der Waals surface area contributed by atoms with E-state index in [1.807, 2.05) is 0 Å². The number of rotatable bonds is 5. The van der Waals surface area contributed by atoms with Crippen molar-refractivity contribution in [3.63, 3.8) is 0 Å². The molecule has 0 radical (unpaired) electrons. The van der Waals surface area contributed by atoms with Crippen molar-refractivity contribution in [2.24, 2.45) is 11.3 Å². The van der Waals surface area contributed by atoms with E-state index >= 15 is 0 Å². The number of aliphatic carboxylic acids is 1. The number of carbonyl (C=O) groups is 1. The zero-order valence-electron chi connectivity index (χ0n) is 11.4. The van der Waals surface area contributed by atoms with Gasteiger partial charge in [-0.3, -0.25) is 9.69 Å². The molecule has 1 rings (SSSR count). The Balaban J connectivity index is 2.57. The highest BCUT2D eigenvalue weighted by Crippen LogP contribution is 2.24. The lowest BCUT2D eigenvalue weighted by Gasteiger charge is -2.31. The van der Waals surface area contributed by atoms with E-state index in [0.717, 1.165) is 19.5 Å². The molecule has 0 spiro atoms. The van der Waals surface area contributed by atoms with Crippen LogP contribution in [0.3, 0.4) is 0 Å². The van der Waals surface area contributed by atoms with Crippen molar-refractivity contribution >= 4 is 5.97 Å². The summed E-state index contributed by atoms with van der Waals surface area (Å²) in [7, 11) is 0. The van der Waals surface area contributed by atoms with Crippen molar-refractivity contribution in [3.8, 4) is 0 Å². The molecule has 0 amide bonds. The minimum absolute atomic E-state index is 0.0415. The third-order valence-corrected chi connectivity index (χ3v) is 3.39. The van der Waals surface area contributed by atoms with Crippen LogP contribution in [0.15, 0.2) is 0 Å². The average Bonchev–Trinajstić information content (AvgIpc) is 2.66. The van der Waals surface area contributed by atoms with E-state index in [-0.39, 0.29) is 17.4 Å². The number of carboxylic acids is 1. The quantitative estimate of drug-likeness (QED) is 0.800. The lowest BCUT2D eigenvalue weighted by atomic mass is 9.91. The minimum atomic E-state index is -0.735. The first-order valence-electron chi connectivity index (χ1n) is 6.39. The van der Waals surface area contributed by atoms with Gasteiger partial charge < -0.3 is 9.84 Å². The lowest BCUT2D eigenvalue weighted by molar-refractivity contribution is -0.143. The number of nitrogens with zero attached hydrogens (tertiary/aromatic N) is 1. The Hall–Kier alpha value is -0.610. The van der Waals surface area contributed by atoms with E-state index in [4.69, 9.17) is 9.84 Å². The van der Waals surface area contributed by atoms with E-state index in [1.165, 1.54) is 0 Å². The van der Waals surface area contributed by atoms with Gasteiger partial charge in [-0.05, 0) is 24.9 Å². The van der Waals surface area contributed by atoms with Crippen LogP contribution in [0, 0.1) is 11.3 Å². The highest BCUT2D eigenvalue weighted by molar-refractivity contribution is 5.71. The van der Waals surface area contributed by atoms with Gasteiger partial charge in [-0.15, -0.1) is 0 Å². The van der Waals surface area contributed by atoms with Gasteiger partial charge in [0.15, 0.2) is 0 Å². The van der Waals surface area contributed by atoms with Crippen LogP contribution in [0.1, 0.15) is 34.1 Å². The lowest BCUT2D eigenvalue weighted by Crippen LogP contribution is -2.44. The fourth-order valence-corrected chi connectivity index (χ4v) is 2.18. The summed E-state index contributed by atoms with van der Waals surface area (Å²) in [5, 5.41) is 9.15. The van der Waals surface area contributed by atoms with Crippen LogP contribution in [0.25, 0.3) is 0 Å². The summed E-state index contributed by atoms with van der Waals surface area (Å²) in [6, 6.07) is 0.0415. The zero-order valence-corrected chi connectivity index (χ0v) is 11.4. The first kappa shape index (κ1) is 14.5. The number of hydrogen-bond donors (Lipinski definition) is 1. The van der Waals surface area contributed by atoms with Crippen molar-refractivity contribution in [2.75, 3.05) is 26.3 Å². The van der Waals surface area contributed by atoms with E-state index in [2.05, 4.69) is 32.6 Å². The van der Waals surface area contributed by atoms with Gasteiger partial charge in [-0.1, -0.05) is 27.7 Å². The SMILES string of the molecule is CCN(CCC(C)(C)C)C1COCC1C(=O)O. The summed E-state index contributed by atoms with van der Waals surface area (Å²) in [5.41, 5.74) is 0.283. The first-order chi connectivity index (χ1) is 7.85. The zero-order chi connectivity index (χ0) is 13.1. The van der Waals surface area contributed by atoms with E-state index in [9.17, 15) is 4.79 Å². The van der Waals surface area contributed by atoms with Gasteiger partial charge in [-0.2, -0.15) is 0 Å². The number of hydrogen-bond acceptors (Lipinski definition) is 3. The molecule has 4 nitrogen and oxygen atoms in total. The van der Waals surface area contributed by atoms with E-state index in [0.29, 0.717) is 13.2 Å². The molecule has 0 aliphatic carbocycles. The third-order valence-electron chi connectivity index (χ3n) is 3.39. The molecule has 0 saturated carbocycles. The standard InChI is InChI=1S/C13H25NO3/c1-5-14(7-6-13(2,3)4)11-9-17-8-10(11)12(15)16/h10-11H,5-9H2,1-4H3,(H,15,16). The smallest absolute Gasteiger partial charge is 0.310 e. The van der Waals surface area contributed by atoms with Crippen molar-refractivity contribution < 1.29 is 14.6 Å². The van der Waals surface area contributed by atoms with Crippen molar-refractivity contribution in [1.82, 2.24) is 4.90 Å². The average molecular weight is 243 g/mol. The van der Waals surface area contributed by atoms with Crippen molar-refractivity contribution in [1.29, 1.82) is 0 Å². The van der Waals surface area contributed by atoms with Gasteiger partial charge in [0.2, 0.25) is 0 Å². The maximum atomic E-state index is 11.1. The van der Waals surface area contributed by atoms with Gasteiger partial charge in [-0.25, -0.2) is 0 Å². The first-order valence-corrected chi connectivity index (χ1v) is 6.39. The van der Waals surface area contributed by atoms with Crippen LogP contribution in [0.2, 0.25) is 0 Å². The number of likely N-dealkylation sites (N-methyl/N-ethyl adjacent to an activating group) is 1. The Morgan fingerprint density at radius 3 is 2.53 bits per heavy atom. The van der Waals surface area contributed by atoms with Crippen LogP contribution < -0.4 is 0 Å². The van der Waals surface area contributed by atoms with Crippen molar-refractivity contribution in [3.05, 3.63) is 0 Å². The molecule has 100 valence electrons. The molecular weight excluding hydrogens is 218 g/mol. The molecule has 2 unspecified atom stereocenters. The molecule has 17 heavy (non-hydrogen) atoms. The molecule has 1 N–H and O–H groups in total. The Kier molecular flexibility index (Phi) is 4.95. The Bertz CT molecular complexity index is 260. The molecule has 1 saturated heterocycles. The van der Waals surface area contributed by atoms with Gasteiger partial charge in [0.25, 0.3) is 0 Å². The normalized spacial score (nSPS) is 25.5. The summed E-state index contributed by atoms with van der Waals surface area (Å²) in [6.45, 7) is 11.4. The van der Waals surface area contributed by atoms with E-state index in [1.54, 1.807) is 0 Å². The predicted octanol–water partition coefficient (Wildman–Crippen LogP) is 1.84. The monoisotopic (exact) mass is 243 g/mol. The molecule has 0 aromatic carbocycles. The Morgan fingerprint density at radius 1 is 1.41 bits per heavy atom. The van der Waals surface area contributed by atoms with Gasteiger partial charge in [0.1, 0.15) is 0 Å². The summed E-state index contributed by atoms with van der Waals surface area (Å²) < 4.78 is 5.32. The van der Waals surface area contributed by atoms with Gasteiger partial charge in [0.05, 0.1) is 19.1 Å². The minimum Gasteiger partial charge on any atom is -0.481 e. The van der Waals surface area contributed by atoms with Crippen molar-refractivity contribution in [2.45, 2.75) is 40.2 Å². The van der Waals surface area contributed by atoms with Crippen LogP contribution in [-0.4, -0.2) is 48.3 Å². The summed E-state index contributed by atoms with van der Waals surface area (Å²) in [5.74, 6) is -1.10. The summed E-state index contributed by atoms with van der Waals surface area (Å²) in [6.07, 6.45) is 1.07. The van der Waals surface area contributed by atoms with Crippen LogP contribution >= 0.6 is 0 Å². The second-order valence-electron chi connectivity index (χ2n) is 5.99. The molecular formula is C13H25NO3. The maximum absolute atomic E-state index is 11.1. The largest absolute Gasteiger partial charge is 0.481 e. The highest BCUT2D eigenvalue weighted by atomic mass is 16.5. The number of carboxylic acid groups (broad SMARTS) is 1. The maximum Gasteiger partial charge on any atom is 0.310 e. The third kappa shape index (κ3) is 4.28. The fraction of sp³-hybridized carbons (Fsp3) is 0.923. The topological polar surface area (TPSA) is 49.8 Å². The molecule has 1 fully saturated rings. The molecule has 1 aliphatic rings. The van der Waals surface area contributed by atoms with Crippen LogP contribution in [0.4, 0.5) is 0 Å². The summed E-state index contributed by atoms with van der Waals surface area (Å²) >= 11 is 0. The molecule has 0 aromatic rings. The summed E-state index contributed by atoms with van der Waals surface area (Å²) in [4.78, 5) is 13.4. The Labute approximate surface area is 104 Å². The van der Waals surface area contributed by atoms with Crippen LogP contribution in [-0.2, 0) is 9.53 Å². The Morgan fingerprint density at radius 2 is 2.06 bits per heavy atom. The second-order valence-corrected chi connectivity index (χ2v) is 5.99. The second kappa shape index (κ2) is 5.83. The van der Waals surface area contributed by atoms with Gasteiger partial charge >= 0.3 is 5.97 Å². The molecule has 1 aliphatic heterocycles.